The quantitative estimate of drug-likeness (QED) is 0.114. The SMILES string of the molecule is C[Si](C)(C)OCCOCCOCCOCCOCCOCCOCCCCCCCl. The molecule has 0 fully saturated rings. The first-order valence-electron chi connectivity index (χ1n) is 11.2. The molecule has 0 aromatic carbocycles. The topological polar surface area (TPSA) is 64.6 Å². The third-order valence-corrected chi connectivity index (χ3v) is 5.13. The van der Waals surface area contributed by atoms with E-state index in [4.69, 9.17) is 44.4 Å². The van der Waals surface area contributed by atoms with Crippen LogP contribution in [-0.2, 0) is 32.8 Å². The Morgan fingerprint density at radius 3 is 1.13 bits per heavy atom. The highest BCUT2D eigenvalue weighted by Gasteiger charge is 2.12. The van der Waals surface area contributed by atoms with Crippen LogP contribution in [0.2, 0.25) is 19.6 Å². The molecular weight excluding hydrogens is 428 g/mol. The maximum atomic E-state index is 5.70. The van der Waals surface area contributed by atoms with Crippen molar-refractivity contribution in [2.75, 3.05) is 91.8 Å². The molecule has 0 atom stereocenters. The second-order valence-corrected chi connectivity index (χ2v) is 12.6. The van der Waals surface area contributed by atoms with Gasteiger partial charge in [0.2, 0.25) is 0 Å². The van der Waals surface area contributed by atoms with Crippen LogP contribution in [0.1, 0.15) is 25.7 Å². The fraction of sp³-hybridized carbons (Fsp3) is 1.00. The predicted octanol–water partition coefficient (Wildman–Crippen LogP) is 3.74. The number of alkyl halides is 1. The lowest BCUT2D eigenvalue weighted by Crippen LogP contribution is -2.27. The fourth-order valence-electron chi connectivity index (χ4n) is 2.26. The van der Waals surface area contributed by atoms with E-state index in [-0.39, 0.29) is 0 Å². The fourth-order valence-corrected chi connectivity index (χ4v) is 3.15. The van der Waals surface area contributed by atoms with Gasteiger partial charge in [-0.2, -0.15) is 0 Å². The second kappa shape index (κ2) is 23.9. The third kappa shape index (κ3) is 28.2. The Morgan fingerprint density at radius 1 is 0.433 bits per heavy atom. The Labute approximate surface area is 190 Å². The summed E-state index contributed by atoms with van der Waals surface area (Å²) in [5.74, 6) is 0.753. The van der Waals surface area contributed by atoms with E-state index in [1.54, 1.807) is 0 Å². The summed E-state index contributed by atoms with van der Waals surface area (Å²) < 4.78 is 38.5. The van der Waals surface area contributed by atoms with Gasteiger partial charge in [-0.3, -0.25) is 0 Å². The second-order valence-electron chi connectivity index (χ2n) is 7.74. The molecule has 0 amide bonds. The van der Waals surface area contributed by atoms with Crippen molar-refractivity contribution in [1.29, 1.82) is 0 Å². The summed E-state index contributed by atoms with van der Waals surface area (Å²) in [6.07, 6.45) is 4.54. The van der Waals surface area contributed by atoms with E-state index in [1.165, 1.54) is 12.8 Å². The average Bonchev–Trinajstić information content (AvgIpc) is 2.70. The molecule has 0 radical (unpaired) electrons. The van der Waals surface area contributed by atoms with Crippen LogP contribution < -0.4 is 0 Å². The van der Waals surface area contributed by atoms with Crippen LogP contribution in [0, 0.1) is 0 Å². The summed E-state index contributed by atoms with van der Waals surface area (Å²) in [7, 11) is -1.43. The summed E-state index contributed by atoms with van der Waals surface area (Å²) >= 11 is 5.63. The monoisotopic (exact) mass is 472 g/mol. The Kier molecular flexibility index (Phi) is 24.1. The molecule has 0 unspecified atom stereocenters. The van der Waals surface area contributed by atoms with E-state index in [0.717, 1.165) is 25.3 Å². The molecular formula is C21H45ClO7Si. The number of ether oxygens (including phenoxy) is 6. The maximum Gasteiger partial charge on any atom is 0.183 e. The number of halogens is 1. The Hall–Kier alpha value is 0.227. The van der Waals surface area contributed by atoms with Gasteiger partial charge < -0.3 is 32.8 Å². The van der Waals surface area contributed by atoms with E-state index >= 15 is 0 Å². The lowest BCUT2D eigenvalue weighted by molar-refractivity contribution is -0.0180. The number of hydrogen-bond donors (Lipinski definition) is 0. The first kappa shape index (κ1) is 30.2. The zero-order valence-electron chi connectivity index (χ0n) is 19.5. The third-order valence-electron chi connectivity index (χ3n) is 3.80. The first-order valence-corrected chi connectivity index (χ1v) is 15.2. The van der Waals surface area contributed by atoms with E-state index in [9.17, 15) is 0 Å². The van der Waals surface area contributed by atoms with E-state index in [1.807, 2.05) is 0 Å². The van der Waals surface area contributed by atoms with Gasteiger partial charge in [-0.05, 0) is 32.5 Å². The molecule has 0 aromatic rings. The maximum absolute atomic E-state index is 5.70. The van der Waals surface area contributed by atoms with Gasteiger partial charge in [0.05, 0.1) is 79.3 Å². The van der Waals surface area contributed by atoms with Crippen LogP contribution in [0.4, 0.5) is 0 Å². The molecule has 9 heteroatoms. The van der Waals surface area contributed by atoms with E-state index in [0.29, 0.717) is 79.3 Å². The average molecular weight is 473 g/mol. The molecule has 0 bridgehead atoms. The van der Waals surface area contributed by atoms with Crippen molar-refractivity contribution in [2.24, 2.45) is 0 Å². The lowest BCUT2D eigenvalue weighted by Gasteiger charge is -2.16. The molecule has 0 N–H and O–H groups in total. The summed E-state index contributed by atoms with van der Waals surface area (Å²) in [5, 5.41) is 0. The summed E-state index contributed by atoms with van der Waals surface area (Å²) in [6.45, 7) is 14.3. The van der Waals surface area contributed by atoms with Crippen molar-refractivity contribution in [2.45, 2.75) is 45.3 Å². The van der Waals surface area contributed by atoms with Crippen LogP contribution in [0.25, 0.3) is 0 Å². The Balaban J connectivity index is 3.02. The number of unbranched alkanes of at least 4 members (excludes halogenated alkanes) is 3. The van der Waals surface area contributed by atoms with E-state index < -0.39 is 8.32 Å². The molecule has 30 heavy (non-hydrogen) atoms. The summed E-state index contributed by atoms with van der Waals surface area (Å²) in [4.78, 5) is 0. The van der Waals surface area contributed by atoms with Gasteiger partial charge in [0.25, 0.3) is 0 Å². The first-order chi connectivity index (χ1) is 14.6. The van der Waals surface area contributed by atoms with Gasteiger partial charge in [-0.1, -0.05) is 12.8 Å². The molecule has 182 valence electrons. The standard InChI is InChI=1S/C21H45ClO7Si/c1-30(2,3)29-21-20-28-19-18-27-17-16-26-15-14-25-13-12-24-11-10-23-9-7-5-4-6-8-22/h4-21H2,1-3H3. The molecule has 0 aliphatic heterocycles. The largest absolute Gasteiger partial charge is 0.415 e. The minimum absolute atomic E-state index is 0.556. The molecule has 0 rings (SSSR count). The molecule has 0 saturated carbocycles. The van der Waals surface area contributed by atoms with Crippen molar-refractivity contribution < 1.29 is 32.8 Å². The van der Waals surface area contributed by atoms with Crippen LogP contribution in [0.15, 0.2) is 0 Å². The zero-order chi connectivity index (χ0) is 22.2. The minimum atomic E-state index is -1.43. The number of hydrogen-bond acceptors (Lipinski definition) is 7. The van der Waals surface area contributed by atoms with Crippen LogP contribution in [0.5, 0.6) is 0 Å². The van der Waals surface area contributed by atoms with Crippen molar-refractivity contribution in [3.8, 4) is 0 Å². The van der Waals surface area contributed by atoms with Crippen LogP contribution in [0.3, 0.4) is 0 Å². The molecule has 7 nitrogen and oxygen atoms in total. The summed E-state index contributed by atoms with van der Waals surface area (Å²) in [5.41, 5.74) is 0. The minimum Gasteiger partial charge on any atom is -0.415 e. The van der Waals surface area contributed by atoms with Gasteiger partial charge in [0.1, 0.15) is 0 Å². The molecule has 0 saturated heterocycles. The van der Waals surface area contributed by atoms with E-state index in [2.05, 4.69) is 19.6 Å². The van der Waals surface area contributed by atoms with Crippen molar-refractivity contribution >= 4 is 19.9 Å². The highest BCUT2D eigenvalue weighted by Crippen LogP contribution is 2.02. The smallest absolute Gasteiger partial charge is 0.183 e. The normalized spacial score (nSPS) is 12.0. The number of rotatable bonds is 25. The Morgan fingerprint density at radius 2 is 0.767 bits per heavy atom. The molecule has 0 aliphatic rings. The van der Waals surface area contributed by atoms with Crippen molar-refractivity contribution in [1.82, 2.24) is 0 Å². The highest BCUT2D eigenvalue weighted by molar-refractivity contribution is 6.69. The molecule has 0 spiro atoms. The predicted molar refractivity (Wildman–Crippen MR) is 123 cm³/mol. The van der Waals surface area contributed by atoms with Crippen molar-refractivity contribution in [3.05, 3.63) is 0 Å². The molecule has 0 heterocycles. The lowest BCUT2D eigenvalue weighted by atomic mass is 10.2. The van der Waals surface area contributed by atoms with Gasteiger partial charge in [0.15, 0.2) is 8.32 Å². The van der Waals surface area contributed by atoms with Crippen molar-refractivity contribution in [3.63, 3.8) is 0 Å². The van der Waals surface area contributed by atoms with Crippen LogP contribution in [-0.4, -0.2) is 100 Å². The van der Waals surface area contributed by atoms with Gasteiger partial charge in [0, 0.05) is 12.5 Å². The highest BCUT2D eigenvalue weighted by atomic mass is 35.5. The van der Waals surface area contributed by atoms with Gasteiger partial charge in [-0.15, -0.1) is 11.6 Å². The zero-order valence-corrected chi connectivity index (χ0v) is 21.2. The van der Waals surface area contributed by atoms with Gasteiger partial charge >= 0.3 is 0 Å². The van der Waals surface area contributed by atoms with Gasteiger partial charge in [-0.25, -0.2) is 0 Å². The Bertz CT molecular complexity index is 333. The molecule has 0 aromatic heterocycles. The molecule has 0 aliphatic carbocycles. The summed E-state index contributed by atoms with van der Waals surface area (Å²) in [6, 6.07) is 0. The van der Waals surface area contributed by atoms with Crippen LogP contribution >= 0.6 is 11.6 Å².